The number of hydrogen-bond acceptors (Lipinski definition) is 4. The Morgan fingerprint density at radius 1 is 1.10 bits per heavy atom. The Morgan fingerprint density at radius 3 is 2.29 bits per heavy atom. The minimum absolute atomic E-state index is 0.301. The van der Waals surface area contributed by atoms with Gasteiger partial charge in [-0.05, 0) is 25.7 Å². The van der Waals surface area contributed by atoms with E-state index in [4.69, 9.17) is 15.2 Å². The minimum Gasteiger partial charge on any atom is -0.493 e. The van der Waals surface area contributed by atoms with Gasteiger partial charge in [-0.15, -0.1) is 0 Å². The number of anilines is 1. The van der Waals surface area contributed by atoms with Crippen LogP contribution in [0.1, 0.15) is 39.7 Å². The van der Waals surface area contributed by atoms with Crippen molar-refractivity contribution < 1.29 is 9.47 Å². The molecule has 0 bridgehead atoms. The van der Waals surface area contributed by atoms with Crippen molar-refractivity contribution in [2.75, 3.05) is 20.0 Å². The van der Waals surface area contributed by atoms with E-state index in [2.05, 4.69) is 30.3 Å². The average molecular weight is 291 g/mol. The second kappa shape index (κ2) is 6.24. The van der Waals surface area contributed by atoms with E-state index in [1.165, 1.54) is 0 Å². The largest absolute Gasteiger partial charge is 0.493 e. The summed E-state index contributed by atoms with van der Waals surface area (Å²) in [5.74, 6) is 2.58. The summed E-state index contributed by atoms with van der Waals surface area (Å²) in [7, 11) is 3.26. The number of nitrogen functional groups attached to an aromatic ring is 1. The van der Waals surface area contributed by atoms with Crippen LogP contribution in [0.25, 0.3) is 11.0 Å². The Hall–Kier alpha value is -1.91. The van der Waals surface area contributed by atoms with Crippen molar-refractivity contribution in [2.45, 2.75) is 39.7 Å². The van der Waals surface area contributed by atoms with E-state index in [-0.39, 0.29) is 0 Å². The first kappa shape index (κ1) is 15.5. The highest BCUT2D eigenvalue weighted by Gasteiger charge is 2.17. The van der Waals surface area contributed by atoms with Crippen LogP contribution in [0.5, 0.6) is 11.5 Å². The second-order valence-electron chi connectivity index (χ2n) is 5.86. The molecule has 21 heavy (non-hydrogen) atoms. The lowest BCUT2D eigenvalue weighted by molar-refractivity contribution is 0.355. The van der Waals surface area contributed by atoms with Gasteiger partial charge in [0.1, 0.15) is 0 Å². The van der Waals surface area contributed by atoms with E-state index in [1.54, 1.807) is 14.2 Å². The lowest BCUT2D eigenvalue weighted by Gasteiger charge is -2.17. The zero-order chi connectivity index (χ0) is 15.6. The van der Waals surface area contributed by atoms with Crippen LogP contribution in [0.3, 0.4) is 0 Å². The molecule has 0 spiro atoms. The van der Waals surface area contributed by atoms with Gasteiger partial charge in [0.05, 0.1) is 25.3 Å². The first-order valence-electron chi connectivity index (χ1n) is 7.37. The summed E-state index contributed by atoms with van der Waals surface area (Å²) in [6.45, 7) is 6.64. The molecule has 1 unspecified atom stereocenters. The fraction of sp³-hybridized carbons (Fsp3) is 0.562. The molecule has 5 nitrogen and oxygen atoms in total. The quantitative estimate of drug-likeness (QED) is 0.882. The third-order valence-electron chi connectivity index (χ3n) is 3.82. The molecular weight excluding hydrogens is 266 g/mol. The van der Waals surface area contributed by atoms with Crippen molar-refractivity contribution >= 4 is 17.0 Å². The van der Waals surface area contributed by atoms with Crippen molar-refractivity contribution in [1.29, 1.82) is 0 Å². The van der Waals surface area contributed by atoms with Gasteiger partial charge in [-0.1, -0.05) is 13.8 Å². The van der Waals surface area contributed by atoms with E-state index in [1.807, 2.05) is 12.1 Å². The number of rotatable bonds is 6. The highest BCUT2D eigenvalue weighted by molar-refractivity contribution is 5.82. The van der Waals surface area contributed by atoms with Crippen LogP contribution in [0, 0.1) is 5.92 Å². The SMILES string of the molecule is COc1cc2nc(N)n(C(C)CCC(C)C)c2cc1OC. The highest BCUT2D eigenvalue weighted by atomic mass is 16.5. The topological polar surface area (TPSA) is 62.3 Å². The van der Waals surface area contributed by atoms with Gasteiger partial charge in [0, 0.05) is 18.2 Å². The normalized spacial score (nSPS) is 12.9. The number of methoxy groups -OCH3 is 2. The number of imidazole rings is 1. The van der Waals surface area contributed by atoms with E-state index in [9.17, 15) is 0 Å². The lowest BCUT2D eigenvalue weighted by Crippen LogP contribution is -2.09. The molecule has 0 fully saturated rings. The van der Waals surface area contributed by atoms with Crippen LogP contribution in [-0.4, -0.2) is 23.8 Å². The van der Waals surface area contributed by atoms with Crippen LogP contribution in [-0.2, 0) is 0 Å². The fourth-order valence-electron chi connectivity index (χ4n) is 2.61. The number of benzene rings is 1. The van der Waals surface area contributed by atoms with Crippen LogP contribution < -0.4 is 15.2 Å². The van der Waals surface area contributed by atoms with Gasteiger partial charge >= 0.3 is 0 Å². The summed E-state index contributed by atoms with van der Waals surface area (Å²) in [5.41, 5.74) is 7.94. The zero-order valence-corrected chi connectivity index (χ0v) is 13.5. The number of ether oxygens (including phenoxy) is 2. The van der Waals surface area contributed by atoms with Crippen molar-refractivity contribution in [3.8, 4) is 11.5 Å². The summed E-state index contributed by atoms with van der Waals surface area (Å²) in [6.07, 6.45) is 2.23. The first-order chi connectivity index (χ1) is 9.97. The third kappa shape index (κ3) is 3.06. The van der Waals surface area contributed by atoms with E-state index >= 15 is 0 Å². The number of fused-ring (bicyclic) bond motifs is 1. The molecule has 1 aromatic heterocycles. The molecule has 2 rings (SSSR count). The molecule has 0 saturated carbocycles. The standard InChI is InChI=1S/C16H25N3O2/c1-10(2)6-7-11(3)19-13-9-15(21-5)14(20-4)8-12(13)18-16(19)17/h8-11H,6-7H2,1-5H3,(H2,17,18). The van der Waals surface area contributed by atoms with Crippen LogP contribution in [0.15, 0.2) is 12.1 Å². The highest BCUT2D eigenvalue weighted by Crippen LogP contribution is 2.35. The minimum atomic E-state index is 0.301. The van der Waals surface area contributed by atoms with Crippen LogP contribution in [0.2, 0.25) is 0 Å². The number of nitrogens with zero attached hydrogens (tertiary/aromatic N) is 2. The molecule has 0 aliphatic carbocycles. The monoisotopic (exact) mass is 291 g/mol. The lowest BCUT2D eigenvalue weighted by atomic mass is 10.0. The Morgan fingerprint density at radius 2 is 1.71 bits per heavy atom. The van der Waals surface area contributed by atoms with Gasteiger partial charge in [0.25, 0.3) is 0 Å². The van der Waals surface area contributed by atoms with Crippen LogP contribution in [0.4, 0.5) is 5.95 Å². The molecule has 0 saturated heterocycles. The summed E-state index contributed by atoms with van der Waals surface area (Å²) in [6, 6.07) is 4.12. The van der Waals surface area contributed by atoms with Crippen molar-refractivity contribution in [1.82, 2.24) is 9.55 Å². The molecule has 2 N–H and O–H groups in total. The van der Waals surface area contributed by atoms with Gasteiger partial charge in [-0.2, -0.15) is 0 Å². The summed E-state index contributed by atoms with van der Waals surface area (Å²) < 4.78 is 12.8. The molecule has 0 aliphatic rings. The molecule has 1 heterocycles. The van der Waals surface area contributed by atoms with Crippen molar-refractivity contribution in [2.24, 2.45) is 5.92 Å². The Kier molecular flexibility index (Phi) is 4.60. The van der Waals surface area contributed by atoms with Crippen molar-refractivity contribution in [3.05, 3.63) is 12.1 Å². The maximum absolute atomic E-state index is 6.11. The molecule has 0 radical (unpaired) electrons. The number of hydrogen-bond donors (Lipinski definition) is 1. The summed E-state index contributed by atoms with van der Waals surface area (Å²) in [5, 5.41) is 0. The molecule has 0 aliphatic heterocycles. The third-order valence-corrected chi connectivity index (χ3v) is 3.82. The zero-order valence-electron chi connectivity index (χ0n) is 13.5. The van der Waals surface area contributed by atoms with Gasteiger partial charge < -0.3 is 19.8 Å². The fourth-order valence-corrected chi connectivity index (χ4v) is 2.61. The number of aromatic nitrogens is 2. The maximum atomic E-state index is 6.11. The predicted molar refractivity (Wildman–Crippen MR) is 86.0 cm³/mol. The molecule has 1 aromatic carbocycles. The van der Waals surface area contributed by atoms with Gasteiger partial charge in [-0.3, -0.25) is 0 Å². The molecule has 1 atom stereocenters. The Labute approximate surface area is 126 Å². The smallest absolute Gasteiger partial charge is 0.201 e. The van der Waals surface area contributed by atoms with E-state index in [0.717, 1.165) is 23.9 Å². The van der Waals surface area contributed by atoms with Gasteiger partial charge in [-0.25, -0.2) is 4.98 Å². The molecule has 116 valence electrons. The Bertz CT molecular complexity index is 619. The summed E-state index contributed by atoms with van der Waals surface area (Å²) in [4.78, 5) is 4.45. The Balaban J connectivity index is 2.45. The van der Waals surface area contributed by atoms with E-state index < -0.39 is 0 Å². The van der Waals surface area contributed by atoms with Gasteiger partial charge in [0.2, 0.25) is 5.95 Å². The second-order valence-corrected chi connectivity index (χ2v) is 5.86. The molecule has 0 amide bonds. The predicted octanol–water partition coefficient (Wildman–Crippen LogP) is 3.63. The maximum Gasteiger partial charge on any atom is 0.201 e. The van der Waals surface area contributed by atoms with Crippen molar-refractivity contribution in [3.63, 3.8) is 0 Å². The van der Waals surface area contributed by atoms with E-state index in [0.29, 0.717) is 29.4 Å². The van der Waals surface area contributed by atoms with Gasteiger partial charge in [0.15, 0.2) is 11.5 Å². The summed E-state index contributed by atoms with van der Waals surface area (Å²) >= 11 is 0. The number of nitrogens with two attached hydrogens (primary N) is 1. The molecule has 2 aromatic rings. The first-order valence-corrected chi connectivity index (χ1v) is 7.37. The molecule has 5 heteroatoms. The van der Waals surface area contributed by atoms with Crippen LogP contribution >= 0.6 is 0 Å². The average Bonchev–Trinajstić information content (AvgIpc) is 2.77. The molecular formula is C16H25N3O2.